The number of esters is 3. The molecule has 0 N–H and O–H groups in total. The molecule has 6 nitrogen and oxygen atoms in total. The van der Waals surface area contributed by atoms with Gasteiger partial charge in [0.2, 0.25) is 0 Å². The van der Waals surface area contributed by atoms with Gasteiger partial charge in [0.05, 0.1) is 0 Å². The highest BCUT2D eigenvalue weighted by Crippen LogP contribution is 2.10. The summed E-state index contributed by atoms with van der Waals surface area (Å²) in [6.07, 6.45) is 82.0. The number of ether oxygens (including phenoxy) is 3. The summed E-state index contributed by atoms with van der Waals surface area (Å²) in [6.45, 7) is 6.15. The second kappa shape index (κ2) is 55.4. The molecule has 0 bridgehead atoms. The van der Waals surface area contributed by atoms with E-state index in [2.05, 4.69) is 191 Å². The van der Waals surface area contributed by atoms with Crippen molar-refractivity contribution in [1.82, 2.24) is 0 Å². The van der Waals surface area contributed by atoms with Gasteiger partial charge in [-0.25, -0.2) is 0 Å². The van der Waals surface area contributed by atoms with Crippen molar-refractivity contribution in [2.75, 3.05) is 13.2 Å². The molecule has 0 spiro atoms. The van der Waals surface area contributed by atoms with Crippen LogP contribution in [0.5, 0.6) is 0 Å². The van der Waals surface area contributed by atoms with E-state index in [0.717, 1.165) is 135 Å². The highest BCUT2D eigenvalue weighted by molar-refractivity contribution is 5.71. The molecule has 382 valence electrons. The number of allylic oxidation sites excluding steroid dienone is 28. The Balaban J connectivity index is 4.65. The van der Waals surface area contributed by atoms with Crippen LogP contribution >= 0.6 is 0 Å². The van der Waals surface area contributed by atoms with Gasteiger partial charge < -0.3 is 14.2 Å². The molecule has 1 atom stereocenters. The standard InChI is InChI=1S/C63H94O6/c1-4-7-10-13-16-19-22-25-28-30-31-33-35-38-41-44-47-50-53-56-62(65)68-59-60(58-67-61(64)55-52-49-46-43-40-37-34-27-24-21-18-15-12-9-6-3)69-63(66)57-54-51-48-45-42-39-36-32-29-26-23-20-17-14-11-8-5-2/h7-12,16-21,25-29,31,33-34,36,38-41,43,45,48,60H,4-6,13-15,22-24,30,32,35,37,42,44,46-47,49-59H2,1-3H3/b10-7-,11-8-,12-9-,19-16-,20-17-,21-18-,28-25-,29-26-,33-31-,34-27-,39-36-,41-38-,43-40-,48-45-/t60-/m1/s1. The van der Waals surface area contributed by atoms with E-state index in [1.807, 2.05) is 0 Å². The van der Waals surface area contributed by atoms with Crippen LogP contribution in [0.1, 0.15) is 188 Å². The van der Waals surface area contributed by atoms with Crippen LogP contribution in [-0.4, -0.2) is 37.2 Å². The molecule has 0 rings (SSSR count). The molecule has 6 heteroatoms. The van der Waals surface area contributed by atoms with Crippen LogP contribution in [0.25, 0.3) is 0 Å². The van der Waals surface area contributed by atoms with Gasteiger partial charge in [-0.05, 0) is 141 Å². The van der Waals surface area contributed by atoms with Crippen LogP contribution in [-0.2, 0) is 28.6 Å². The zero-order valence-electron chi connectivity index (χ0n) is 43.5. The lowest BCUT2D eigenvalue weighted by Crippen LogP contribution is -2.30. The highest BCUT2D eigenvalue weighted by atomic mass is 16.6. The number of hydrogen-bond acceptors (Lipinski definition) is 6. The van der Waals surface area contributed by atoms with E-state index >= 15 is 0 Å². The van der Waals surface area contributed by atoms with Gasteiger partial charge in [0, 0.05) is 19.3 Å². The van der Waals surface area contributed by atoms with Gasteiger partial charge in [-0.15, -0.1) is 0 Å². The highest BCUT2D eigenvalue weighted by Gasteiger charge is 2.19. The summed E-state index contributed by atoms with van der Waals surface area (Å²) in [5.74, 6) is -1.09. The Morgan fingerprint density at radius 3 is 0.855 bits per heavy atom. The smallest absolute Gasteiger partial charge is 0.306 e. The first kappa shape index (κ1) is 63.8. The van der Waals surface area contributed by atoms with Gasteiger partial charge in [-0.2, -0.15) is 0 Å². The van der Waals surface area contributed by atoms with Gasteiger partial charge in [0.25, 0.3) is 0 Å². The minimum absolute atomic E-state index is 0.140. The van der Waals surface area contributed by atoms with Crippen molar-refractivity contribution in [2.24, 2.45) is 0 Å². The first-order chi connectivity index (χ1) is 34.0. The summed E-state index contributed by atoms with van der Waals surface area (Å²) in [7, 11) is 0. The normalized spacial score (nSPS) is 13.5. The van der Waals surface area contributed by atoms with Crippen LogP contribution < -0.4 is 0 Å². The maximum absolute atomic E-state index is 12.8. The fourth-order valence-electron chi connectivity index (χ4n) is 6.32. The lowest BCUT2D eigenvalue weighted by atomic mass is 10.1. The van der Waals surface area contributed by atoms with Gasteiger partial charge in [0.1, 0.15) is 13.2 Å². The summed E-state index contributed by atoms with van der Waals surface area (Å²) in [5, 5.41) is 0. The van der Waals surface area contributed by atoms with E-state index in [1.165, 1.54) is 0 Å². The molecular formula is C63H94O6. The maximum Gasteiger partial charge on any atom is 0.306 e. The van der Waals surface area contributed by atoms with Crippen molar-refractivity contribution in [3.05, 3.63) is 170 Å². The molecule has 0 radical (unpaired) electrons. The molecular weight excluding hydrogens is 853 g/mol. The molecule has 0 aromatic heterocycles. The Labute approximate surface area is 422 Å². The Morgan fingerprint density at radius 2 is 0.536 bits per heavy atom. The second-order valence-corrected chi connectivity index (χ2v) is 16.6. The minimum atomic E-state index is -0.848. The monoisotopic (exact) mass is 947 g/mol. The first-order valence-electron chi connectivity index (χ1n) is 26.6. The average Bonchev–Trinajstić information content (AvgIpc) is 3.35. The van der Waals surface area contributed by atoms with Crippen LogP contribution in [0.15, 0.2) is 170 Å². The van der Waals surface area contributed by atoms with Crippen LogP contribution in [0.3, 0.4) is 0 Å². The first-order valence-corrected chi connectivity index (χ1v) is 26.6. The molecule has 0 aromatic carbocycles. The molecule has 0 amide bonds. The zero-order chi connectivity index (χ0) is 50.0. The van der Waals surface area contributed by atoms with Crippen molar-refractivity contribution in [3.63, 3.8) is 0 Å². The number of carbonyl (C=O) groups excluding carboxylic acids is 3. The predicted molar refractivity (Wildman–Crippen MR) is 297 cm³/mol. The second-order valence-electron chi connectivity index (χ2n) is 16.6. The van der Waals surface area contributed by atoms with Crippen LogP contribution in [0, 0.1) is 0 Å². The Hall–Kier alpha value is -5.23. The van der Waals surface area contributed by atoms with Crippen molar-refractivity contribution >= 4 is 17.9 Å². The third-order valence-electron chi connectivity index (χ3n) is 10.2. The third kappa shape index (κ3) is 53.6. The van der Waals surface area contributed by atoms with E-state index in [0.29, 0.717) is 19.3 Å². The fourth-order valence-corrected chi connectivity index (χ4v) is 6.32. The van der Waals surface area contributed by atoms with Crippen molar-refractivity contribution < 1.29 is 28.6 Å². The molecule has 0 aliphatic carbocycles. The molecule has 0 fully saturated rings. The molecule has 0 aliphatic rings. The SMILES string of the molecule is CC/C=C\C/C=C\C/C=C\C/C=C\C/C=C\CCCCCC(=O)OC[C@@H](COC(=O)CCCC/C=C\C/C=C\C/C=C\C/C=C\CC)OC(=O)CCC/C=C\C/C=C\C/C=C\C/C=C\C/C=C\CC. The average molecular weight is 947 g/mol. The molecule has 0 aliphatic heterocycles. The quantitative estimate of drug-likeness (QED) is 0.0262. The number of carbonyl (C=O) groups is 3. The van der Waals surface area contributed by atoms with Gasteiger partial charge in [-0.3, -0.25) is 14.4 Å². The van der Waals surface area contributed by atoms with E-state index in [9.17, 15) is 14.4 Å². The molecule has 0 saturated carbocycles. The summed E-state index contributed by atoms with van der Waals surface area (Å²) in [5.41, 5.74) is 0. The van der Waals surface area contributed by atoms with Gasteiger partial charge in [0.15, 0.2) is 6.10 Å². The van der Waals surface area contributed by atoms with E-state index in [-0.39, 0.29) is 38.0 Å². The van der Waals surface area contributed by atoms with Crippen LogP contribution in [0.4, 0.5) is 0 Å². The largest absolute Gasteiger partial charge is 0.462 e. The van der Waals surface area contributed by atoms with Crippen molar-refractivity contribution in [3.8, 4) is 0 Å². The van der Waals surface area contributed by atoms with Gasteiger partial charge >= 0.3 is 17.9 Å². The molecule has 0 aromatic rings. The number of unbranched alkanes of at least 4 members (excludes halogenated alkanes) is 6. The molecule has 69 heavy (non-hydrogen) atoms. The summed E-state index contributed by atoms with van der Waals surface area (Å²) < 4.78 is 16.7. The Bertz CT molecular complexity index is 1650. The summed E-state index contributed by atoms with van der Waals surface area (Å²) in [6, 6.07) is 0. The van der Waals surface area contributed by atoms with E-state index in [4.69, 9.17) is 14.2 Å². The topological polar surface area (TPSA) is 78.9 Å². The molecule has 0 unspecified atom stereocenters. The number of hydrogen-bond donors (Lipinski definition) is 0. The Morgan fingerprint density at radius 1 is 0.290 bits per heavy atom. The lowest BCUT2D eigenvalue weighted by molar-refractivity contribution is -0.167. The predicted octanol–water partition coefficient (Wildman–Crippen LogP) is 18.0. The Kier molecular flexibility index (Phi) is 51.2. The summed E-state index contributed by atoms with van der Waals surface area (Å²) in [4.78, 5) is 38.0. The van der Waals surface area contributed by atoms with Crippen molar-refractivity contribution in [2.45, 2.75) is 194 Å². The maximum atomic E-state index is 12.8. The van der Waals surface area contributed by atoms with Crippen LogP contribution in [0.2, 0.25) is 0 Å². The summed E-state index contributed by atoms with van der Waals surface area (Å²) >= 11 is 0. The lowest BCUT2D eigenvalue weighted by Gasteiger charge is -2.18. The van der Waals surface area contributed by atoms with Gasteiger partial charge in [-0.1, -0.05) is 197 Å². The van der Waals surface area contributed by atoms with E-state index < -0.39 is 12.1 Å². The zero-order valence-corrected chi connectivity index (χ0v) is 43.5. The molecule has 0 saturated heterocycles. The van der Waals surface area contributed by atoms with E-state index in [1.54, 1.807) is 0 Å². The number of rotatable bonds is 45. The fraction of sp³-hybridized carbons (Fsp3) is 0.508. The molecule has 0 heterocycles. The van der Waals surface area contributed by atoms with Crippen molar-refractivity contribution in [1.29, 1.82) is 0 Å². The third-order valence-corrected chi connectivity index (χ3v) is 10.2. The minimum Gasteiger partial charge on any atom is -0.462 e.